The summed E-state index contributed by atoms with van der Waals surface area (Å²) in [6, 6.07) is 4.57. The van der Waals surface area contributed by atoms with Crippen LogP contribution in [0.2, 0.25) is 0 Å². The standard InChI is InChI=1S/C13H18F2N2/c1-2-3-10-9-17(7-6-16-10)11-4-5-12(14)13(15)8-11/h4-5,8,10,16H,2-3,6-7,9H2,1H3. The molecule has 0 aromatic heterocycles. The number of rotatable bonds is 3. The van der Waals surface area contributed by atoms with Gasteiger partial charge in [0.2, 0.25) is 0 Å². The van der Waals surface area contributed by atoms with Crippen LogP contribution in [-0.4, -0.2) is 25.7 Å². The van der Waals surface area contributed by atoms with Gasteiger partial charge in [-0.05, 0) is 18.6 Å². The lowest BCUT2D eigenvalue weighted by molar-refractivity contribution is 0.430. The molecule has 0 amide bonds. The van der Waals surface area contributed by atoms with E-state index >= 15 is 0 Å². The Balaban J connectivity index is 2.08. The Hall–Kier alpha value is -1.16. The first-order valence-corrected chi connectivity index (χ1v) is 6.14. The number of benzene rings is 1. The second kappa shape index (κ2) is 5.45. The summed E-state index contributed by atoms with van der Waals surface area (Å²) in [5.41, 5.74) is 0.770. The minimum Gasteiger partial charge on any atom is -0.369 e. The van der Waals surface area contributed by atoms with Crippen LogP contribution in [0.15, 0.2) is 18.2 Å². The lowest BCUT2D eigenvalue weighted by Gasteiger charge is -2.35. The van der Waals surface area contributed by atoms with Gasteiger partial charge in [-0.1, -0.05) is 13.3 Å². The van der Waals surface area contributed by atoms with Crippen molar-refractivity contribution < 1.29 is 8.78 Å². The average Bonchev–Trinajstić information content (AvgIpc) is 2.33. The average molecular weight is 240 g/mol. The van der Waals surface area contributed by atoms with Crippen LogP contribution in [0.1, 0.15) is 19.8 Å². The summed E-state index contributed by atoms with van der Waals surface area (Å²) in [4.78, 5) is 2.11. The van der Waals surface area contributed by atoms with Crippen LogP contribution in [0.25, 0.3) is 0 Å². The topological polar surface area (TPSA) is 15.3 Å². The van der Waals surface area contributed by atoms with E-state index in [-0.39, 0.29) is 0 Å². The number of nitrogens with zero attached hydrogens (tertiary/aromatic N) is 1. The first-order valence-electron chi connectivity index (χ1n) is 6.14. The summed E-state index contributed by atoms with van der Waals surface area (Å²) in [6.07, 6.45) is 2.24. The number of hydrogen-bond donors (Lipinski definition) is 1. The highest BCUT2D eigenvalue weighted by molar-refractivity contribution is 5.47. The van der Waals surface area contributed by atoms with Gasteiger partial charge in [0.15, 0.2) is 11.6 Å². The van der Waals surface area contributed by atoms with Crippen molar-refractivity contribution in [2.45, 2.75) is 25.8 Å². The van der Waals surface area contributed by atoms with E-state index in [0.29, 0.717) is 6.04 Å². The molecule has 1 unspecified atom stereocenters. The quantitative estimate of drug-likeness (QED) is 0.873. The predicted molar refractivity (Wildman–Crippen MR) is 65.3 cm³/mol. The minimum absolute atomic E-state index is 0.446. The lowest BCUT2D eigenvalue weighted by Crippen LogP contribution is -2.50. The zero-order chi connectivity index (χ0) is 12.3. The van der Waals surface area contributed by atoms with E-state index < -0.39 is 11.6 Å². The number of piperazine rings is 1. The zero-order valence-electron chi connectivity index (χ0n) is 10.0. The highest BCUT2D eigenvalue weighted by atomic mass is 19.2. The van der Waals surface area contributed by atoms with Crippen molar-refractivity contribution >= 4 is 5.69 Å². The van der Waals surface area contributed by atoms with E-state index in [1.54, 1.807) is 6.07 Å². The highest BCUT2D eigenvalue weighted by Gasteiger charge is 2.19. The molecule has 1 aliphatic rings. The van der Waals surface area contributed by atoms with Crippen molar-refractivity contribution in [2.24, 2.45) is 0 Å². The highest BCUT2D eigenvalue weighted by Crippen LogP contribution is 2.20. The maximum Gasteiger partial charge on any atom is 0.160 e. The van der Waals surface area contributed by atoms with Crippen LogP contribution in [-0.2, 0) is 0 Å². The van der Waals surface area contributed by atoms with E-state index in [9.17, 15) is 8.78 Å². The summed E-state index contributed by atoms with van der Waals surface area (Å²) in [5.74, 6) is -1.55. The van der Waals surface area contributed by atoms with Gasteiger partial charge in [-0.25, -0.2) is 8.78 Å². The Morgan fingerprint density at radius 3 is 2.88 bits per heavy atom. The molecule has 2 rings (SSSR count). The number of anilines is 1. The van der Waals surface area contributed by atoms with Gasteiger partial charge in [-0.15, -0.1) is 0 Å². The van der Waals surface area contributed by atoms with Crippen LogP contribution in [0.3, 0.4) is 0 Å². The Labute approximate surface area is 101 Å². The van der Waals surface area contributed by atoms with Crippen molar-refractivity contribution in [1.29, 1.82) is 0 Å². The monoisotopic (exact) mass is 240 g/mol. The first kappa shape index (κ1) is 12.3. The molecule has 1 aliphatic heterocycles. The molecule has 1 heterocycles. The van der Waals surface area contributed by atoms with E-state index in [1.807, 2.05) is 0 Å². The lowest BCUT2D eigenvalue weighted by atomic mass is 10.1. The van der Waals surface area contributed by atoms with Gasteiger partial charge in [-0.2, -0.15) is 0 Å². The summed E-state index contributed by atoms with van der Waals surface area (Å²) in [6.45, 7) is 4.74. The van der Waals surface area contributed by atoms with Gasteiger partial charge in [0.05, 0.1) is 0 Å². The molecule has 0 aliphatic carbocycles. The maximum absolute atomic E-state index is 13.2. The number of nitrogens with one attached hydrogen (secondary N) is 1. The van der Waals surface area contributed by atoms with Crippen molar-refractivity contribution in [3.05, 3.63) is 29.8 Å². The Morgan fingerprint density at radius 1 is 1.35 bits per heavy atom. The normalized spacial score (nSPS) is 20.6. The molecule has 1 saturated heterocycles. The van der Waals surface area contributed by atoms with E-state index in [1.165, 1.54) is 12.1 Å². The third-order valence-corrected chi connectivity index (χ3v) is 3.16. The van der Waals surface area contributed by atoms with Gasteiger partial charge in [-0.3, -0.25) is 0 Å². The Morgan fingerprint density at radius 2 is 2.18 bits per heavy atom. The summed E-state index contributed by atoms with van der Waals surface area (Å²) in [5, 5.41) is 3.44. The zero-order valence-corrected chi connectivity index (χ0v) is 10.0. The van der Waals surface area contributed by atoms with Crippen LogP contribution < -0.4 is 10.2 Å². The first-order chi connectivity index (χ1) is 8.20. The van der Waals surface area contributed by atoms with Crippen molar-refractivity contribution in [3.8, 4) is 0 Å². The molecular weight excluding hydrogens is 222 g/mol. The summed E-state index contributed by atoms with van der Waals surface area (Å²) >= 11 is 0. The van der Waals surface area contributed by atoms with Gasteiger partial charge < -0.3 is 10.2 Å². The van der Waals surface area contributed by atoms with Crippen LogP contribution >= 0.6 is 0 Å². The van der Waals surface area contributed by atoms with E-state index in [4.69, 9.17) is 0 Å². The van der Waals surface area contributed by atoms with Crippen molar-refractivity contribution in [2.75, 3.05) is 24.5 Å². The molecule has 1 atom stereocenters. The van der Waals surface area contributed by atoms with E-state index in [2.05, 4.69) is 17.1 Å². The largest absolute Gasteiger partial charge is 0.369 e. The molecule has 0 radical (unpaired) electrons. The summed E-state index contributed by atoms with van der Waals surface area (Å²) in [7, 11) is 0. The maximum atomic E-state index is 13.2. The number of halogens is 2. The van der Waals surface area contributed by atoms with Crippen LogP contribution in [0.5, 0.6) is 0 Å². The molecule has 1 fully saturated rings. The predicted octanol–water partition coefficient (Wildman–Crippen LogP) is 2.54. The smallest absolute Gasteiger partial charge is 0.160 e. The molecule has 0 bridgehead atoms. The second-order valence-corrected chi connectivity index (χ2v) is 4.48. The van der Waals surface area contributed by atoms with Gasteiger partial charge in [0.1, 0.15) is 0 Å². The van der Waals surface area contributed by atoms with Crippen molar-refractivity contribution in [3.63, 3.8) is 0 Å². The van der Waals surface area contributed by atoms with Crippen LogP contribution in [0.4, 0.5) is 14.5 Å². The fourth-order valence-electron chi connectivity index (χ4n) is 2.28. The Kier molecular flexibility index (Phi) is 3.94. The van der Waals surface area contributed by atoms with Crippen LogP contribution in [0, 0.1) is 11.6 Å². The molecule has 0 spiro atoms. The molecule has 1 aromatic carbocycles. The SMILES string of the molecule is CCCC1CN(c2ccc(F)c(F)c2)CCN1. The van der Waals surface area contributed by atoms with E-state index in [0.717, 1.165) is 38.2 Å². The third kappa shape index (κ3) is 2.94. The summed E-state index contributed by atoms with van der Waals surface area (Å²) < 4.78 is 26.0. The minimum atomic E-state index is -0.783. The fraction of sp³-hybridized carbons (Fsp3) is 0.538. The molecule has 1 N–H and O–H groups in total. The second-order valence-electron chi connectivity index (χ2n) is 4.48. The van der Waals surface area contributed by atoms with Gasteiger partial charge >= 0.3 is 0 Å². The molecule has 4 heteroatoms. The molecule has 0 saturated carbocycles. The van der Waals surface area contributed by atoms with Gasteiger partial charge in [0, 0.05) is 37.4 Å². The number of hydrogen-bond acceptors (Lipinski definition) is 2. The molecule has 2 nitrogen and oxygen atoms in total. The van der Waals surface area contributed by atoms with Gasteiger partial charge in [0.25, 0.3) is 0 Å². The molecular formula is C13H18F2N2. The molecule has 1 aromatic rings. The third-order valence-electron chi connectivity index (χ3n) is 3.16. The van der Waals surface area contributed by atoms with Crippen molar-refractivity contribution in [1.82, 2.24) is 5.32 Å². The Bertz CT molecular complexity index is 380. The molecule has 94 valence electrons. The molecule has 17 heavy (non-hydrogen) atoms. The fourth-order valence-corrected chi connectivity index (χ4v) is 2.28.